The Morgan fingerprint density at radius 2 is 1.65 bits per heavy atom. The molecular weight excluding hydrogens is 359 g/mol. The highest BCUT2D eigenvalue weighted by molar-refractivity contribution is 5.86. The highest BCUT2D eigenvalue weighted by Crippen LogP contribution is 2.27. The summed E-state index contributed by atoms with van der Waals surface area (Å²) in [5.41, 5.74) is 0. The van der Waals surface area contributed by atoms with Gasteiger partial charge in [-0.05, 0) is 44.8 Å². The molecule has 2 aliphatic rings. The third-order valence-electron chi connectivity index (χ3n) is 4.30. The third kappa shape index (κ3) is 11.4. The van der Waals surface area contributed by atoms with Gasteiger partial charge in [-0.25, -0.2) is 0 Å². The average Bonchev–Trinajstić information content (AvgIpc) is 3.28. The molecular formula is C15H33Cl3N4O. The topological polar surface area (TPSA) is 47.6 Å². The quantitative estimate of drug-likeness (QED) is 0.583. The summed E-state index contributed by atoms with van der Waals surface area (Å²) in [6.07, 6.45) is 3.72. The van der Waals surface area contributed by atoms with Crippen molar-refractivity contribution in [3.8, 4) is 0 Å². The maximum atomic E-state index is 11.6. The van der Waals surface area contributed by atoms with Crippen molar-refractivity contribution in [3.05, 3.63) is 0 Å². The molecule has 2 N–H and O–H groups in total. The van der Waals surface area contributed by atoms with E-state index in [-0.39, 0.29) is 43.1 Å². The van der Waals surface area contributed by atoms with E-state index in [1.807, 2.05) is 0 Å². The molecule has 1 heterocycles. The van der Waals surface area contributed by atoms with Gasteiger partial charge in [0, 0.05) is 32.7 Å². The molecule has 0 bridgehead atoms. The lowest BCUT2D eigenvalue weighted by Crippen LogP contribution is -2.46. The van der Waals surface area contributed by atoms with Crippen LogP contribution in [0.1, 0.15) is 26.2 Å². The van der Waals surface area contributed by atoms with Crippen molar-refractivity contribution in [1.29, 1.82) is 0 Å². The van der Waals surface area contributed by atoms with E-state index >= 15 is 0 Å². The molecule has 2 fully saturated rings. The monoisotopic (exact) mass is 390 g/mol. The van der Waals surface area contributed by atoms with Crippen LogP contribution in [0.3, 0.4) is 0 Å². The molecule has 0 radical (unpaired) electrons. The molecule has 0 atom stereocenters. The van der Waals surface area contributed by atoms with Crippen LogP contribution < -0.4 is 10.6 Å². The fourth-order valence-corrected chi connectivity index (χ4v) is 2.63. The van der Waals surface area contributed by atoms with Gasteiger partial charge in [0.2, 0.25) is 5.91 Å². The highest BCUT2D eigenvalue weighted by Gasteiger charge is 2.20. The zero-order valence-electron chi connectivity index (χ0n) is 14.1. The Kier molecular flexibility index (Phi) is 16.1. The van der Waals surface area contributed by atoms with Gasteiger partial charge in [-0.3, -0.25) is 4.79 Å². The Balaban J connectivity index is 0. The van der Waals surface area contributed by atoms with Gasteiger partial charge in [0.25, 0.3) is 0 Å². The summed E-state index contributed by atoms with van der Waals surface area (Å²) in [7, 11) is 0. The number of carbonyl (C=O) groups excluding carboxylic acids is 1. The molecule has 1 aliphatic carbocycles. The van der Waals surface area contributed by atoms with Gasteiger partial charge < -0.3 is 20.4 Å². The number of halogens is 3. The van der Waals surface area contributed by atoms with E-state index in [9.17, 15) is 4.79 Å². The molecule has 0 aromatic heterocycles. The Morgan fingerprint density at radius 1 is 1.04 bits per heavy atom. The molecule has 0 aromatic rings. The molecule has 2 rings (SSSR count). The van der Waals surface area contributed by atoms with Crippen molar-refractivity contribution in [2.24, 2.45) is 5.92 Å². The summed E-state index contributed by atoms with van der Waals surface area (Å²) in [5, 5.41) is 6.22. The summed E-state index contributed by atoms with van der Waals surface area (Å²) in [6, 6.07) is 0. The zero-order chi connectivity index (χ0) is 14.2. The van der Waals surface area contributed by atoms with Gasteiger partial charge in [-0.15, -0.1) is 37.2 Å². The van der Waals surface area contributed by atoms with Crippen LogP contribution in [0.2, 0.25) is 0 Å². The number of nitrogens with zero attached hydrogens (tertiary/aromatic N) is 2. The highest BCUT2D eigenvalue weighted by atomic mass is 35.5. The van der Waals surface area contributed by atoms with Crippen LogP contribution in [0.4, 0.5) is 0 Å². The van der Waals surface area contributed by atoms with Crippen LogP contribution >= 0.6 is 37.2 Å². The minimum Gasteiger partial charge on any atom is -0.355 e. The first kappa shape index (κ1) is 25.5. The van der Waals surface area contributed by atoms with E-state index in [1.165, 1.54) is 39.0 Å². The molecule has 8 heteroatoms. The van der Waals surface area contributed by atoms with Gasteiger partial charge in [-0.2, -0.15) is 0 Å². The van der Waals surface area contributed by atoms with Gasteiger partial charge in [-0.1, -0.05) is 6.92 Å². The largest absolute Gasteiger partial charge is 0.355 e. The van der Waals surface area contributed by atoms with Gasteiger partial charge >= 0.3 is 0 Å². The predicted molar refractivity (Wildman–Crippen MR) is 104 cm³/mol. The Bertz CT molecular complexity index is 298. The van der Waals surface area contributed by atoms with Crippen molar-refractivity contribution >= 4 is 43.1 Å². The van der Waals surface area contributed by atoms with Crippen LogP contribution in [-0.4, -0.2) is 74.6 Å². The summed E-state index contributed by atoms with van der Waals surface area (Å²) in [4.78, 5) is 16.6. The Hall–Kier alpha value is 0.220. The first-order valence-electron chi connectivity index (χ1n) is 8.20. The number of nitrogens with one attached hydrogen (secondary N) is 2. The average molecular weight is 392 g/mol. The number of hydrogen-bond donors (Lipinski definition) is 2. The normalized spacial score (nSPS) is 18.3. The third-order valence-corrected chi connectivity index (χ3v) is 4.30. The number of hydrogen-bond acceptors (Lipinski definition) is 4. The second-order valence-corrected chi connectivity index (χ2v) is 6.05. The summed E-state index contributed by atoms with van der Waals surface area (Å²) < 4.78 is 0. The molecule has 0 unspecified atom stereocenters. The van der Waals surface area contributed by atoms with E-state index in [4.69, 9.17) is 0 Å². The van der Waals surface area contributed by atoms with E-state index in [0.717, 1.165) is 38.5 Å². The van der Waals surface area contributed by atoms with E-state index in [2.05, 4.69) is 27.4 Å². The van der Waals surface area contributed by atoms with E-state index in [1.54, 1.807) is 0 Å². The number of likely N-dealkylation sites (N-methyl/N-ethyl adjacent to an activating group) is 1. The number of rotatable bonds is 9. The summed E-state index contributed by atoms with van der Waals surface area (Å²) in [6.45, 7) is 11.5. The van der Waals surface area contributed by atoms with Crippen LogP contribution in [0.5, 0.6) is 0 Å². The number of piperazine rings is 1. The number of carbonyl (C=O) groups is 1. The fourth-order valence-electron chi connectivity index (χ4n) is 2.63. The SMILES string of the molecule is CCN1CCN(CCCNC(=O)CNCC2CC2)CC1.Cl.Cl.Cl. The smallest absolute Gasteiger partial charge is 0.233 e. The maximum absolute atomic E-state index is 11.6. The van der Waals surface area contributed by atoms with Crippen molar-refractivity contribution in [3.63, 3.8) is 0 Å². The molecule has 1 saturated carbocycles. The van der Waals surface area contributed by atoms with Crippen LogP contribution in [-0.2, 0) is 4.79 Å². The first-order valence-corrected chi connectivity index (χ1v) is 8.20. The zero-order valence-corrected chi connectivity index (χ0v) is 16.5. The van der Waals surface area contributed by atoms with E-state index in [0.29, 0.717) is 6.54 Å². The van der Waals surface area contributed by atoms with Gasteiger partial charge in [0.1, 0.15) is 0 Å². The lowest BCUT2D eigenvalue weighted by molar-refractivity contribution is -0.120. The number of amides is 1. The van der Waals surface area contributed by atoms with Gasteiger partial charge in [0.15, 0.2) is 0 Å². The first-order chi connectivity index (χ1) is 9.78. The molecule has 23 heavy (non-hydrogen) atoms. The lowest BCUT2D eigenvalue weighted by Gasteiger charge is -2.33. The molecule has 1 amide bonds. The molecule has 140 valence electrons. The van der Waals surface area contributed by atoms with Crippen molar-refractivity contribution in [1.82, 2.24) is 20.4 Å². The minimum absolute atomic E-state index is 0. The van der Waals surface area contributed by atoms with E-state index < -0.39 is 0 Å². The summed E-state index contributed by atoms with van der Waals surface area (Å²) >= 11 is 0. The predicted octanol–water partition coefficient (Wildman–Crippen LogP) is 1.40. The Labute approximate surface area is 159 Å². The maximum Gasteiger partial charge on any atom is 0.233 e. The summed E-state index contributed by atoms with van der Waals surface area (Å²) in [5.74, 6) is 0.978. The van der Waals surface area contributed by atoms with Crippen molar-refractivity contribution < 1.29 is 4.79 Å². The van der Waals surface area contributed by atoms with Crippen LogP contribution in [0.25, 0.3) is 0 Å². The Morgan fingerprint density at radius 3 is 2.22 bits per heavy atom. The van der Waals surface area contributed by atoms with Crippen LogP contribution in [0.15, 0.2) is 0 Å². The van der Waals surface area contributed by atoms with Gasteiger partial charge in [0.05, 0.1) is 6.54 Å². The second-order valence-electron chi connectivity index (χ2n) is 6.05. The molecule has 0 aromatic carbocycles. The molecule has 5 nitrogen and oxygen atoms in total. The molecule has 1 aliphatic heterocycles. The minimum atomic E-state index is 0. The lowest BCUT2D eigenvalue weighted by atomic mass is 10.3. The molecule has 1 saturated heterocycles. The van der Waals surface area contributed by atoms with Crippen molar-refractivity contribution in [2.75, 3.05) is 58.9 Å². The fraction of sp³-hybridized carbons (Fsp3) is 0.933. The molecule has 0 spiro atoms. The van der Waals surface area contributed by atoms with Crippen molar-refractivity contribution in [2.45, 2.75) is 26.2 Å². The standard InChI is InChI=1S/C15H30N4O.3ClH/c1-2-18-8-10-19(11-9-18)7-3-6-17-15(20)13-16-12-14-4-5-14;;;/h14,16H,2-13H2,1H3,(H,17,20);3*1H. The van der Waals surface area contributed by atoms with Crippen LogP contribution in [0, 0.1) is 5.92 Å². The second kappa shape index (κ2) is 14.6.